The van der Waals surface area contributed by atoms with Gasteiger partial charge in [-0.1, -0.05) is 61.4 Å². The number of aliphatic carboxylic acids is 1. The summed E-state index contributed by atoms with van der Waals surface area (Å²) >= 11 is 0. The van der Waals surface area contributed by atoms with Crippen LogP contribution in [0.1, 0.15) is 49.1 Å². The van der Waals surface area contributed by atoms with Crippen molar-refractivity contribution in [1.29, 1.82) is 0 Å². The molecule has 2 aromatic rings. The first kappa shape index (κ1) is 22.4. The van der Waals surface area contributed by atoms with Crippen molar-refractivity contribution in [2.24, 2.45) is 11.8 Å². The Morgan fingerprint density at radius 2 is 1.62 bits per heavy atom. The van der Waals surface area contributed by atoms with Crippen LogP contribution < -0.4 is 5.32 Å². The Morgan fingerprint density at radius 3 is 2.24 bits per heavy atom. The number of amides is 2. The molecule has 2 N–H and O–H groups in total. The minimum Gasteiger partial charge on any atom is -0.481 e. The molecule has 2 amide bonds. The summed E-state index contributed by atoms with van der Waals surface area (Å²) in [7, 11) is 0. The predicted octanol–water partition coefficient (Wildman–Crippen LogP) is 4.02. The summed E-state index contributed by atoms with van der Waals surface area (Å²) < 4.78 is 5.66. The number of hydrogen-bond donors (Lipinski definition) is 2. The average Bonchev–Trinajstić information content (AvgIpc) is 3.43. The Bertz CT molecular complexity index is 1050. The number of nitrogens with zero attached hydrogens (tertiary/aromatic N) is 1. The molecular formula is C27H30N2O5. The van der Waals surface area contributed by atoms with E-state index in [1.54, 1.807) is 4.90 Å². The van der Waals surface area contributed by atoms with E-state index in [0.29, 0.717) is 31.8 Å². The van der Waals surface area contributed by atoms with E-state index in [1.165, 1.54) is 11.1 Å². The molecule has 0 aromatic heterocycles. The molecule has 2 fully saturated rings. The summed E-state index contributed by atoms with van der Waals surface area (Å²) in [6.07, 6.45) is 2.90. The van der Waals surface area contributed by atoms with Gasteiger partial charge in [0.25, 0.3) is 0 Å². The highest BCUT2D eigenvalue weighted by molar-refractivity contribution is 5.86. The van der Waals surface area contributed by atoms with E-state index in [-0.39, 0.29) is 30.8 Å². The molecule has 1 heterocycles. The second-order valence-corrected chi connectivity index (χ2v) is 9.74. The fourth-order valence-electron chi connectivity index (χ4n) is 5.36. The second kappa shape index (κ2) is 9.49. The first-order valence-corrected chi connectivity index (χ1v) is 12.1. The van der Waals surface area contributed by atoms with E-state index >= 15 is 0 Å². The van der Waals surface area contributed by atoms with Crippen LogP contribution in [0.4, 0.5) is 4.79 Å². The van der Waals surface area contributed by atoms with Crippen molar-refractivity contribution in [3.8, 4) is 11.1 Å². The molecule has 7 heteroatoms. The highest BCUT2D eigenvalue weighted by Crippen LogP contribution is 2.44. The number of carbonyl (C=O) groups excluding carboxylic acids is 2. The third-order valence-corrected chi connectivity index (χ3v) is 7.26. The second-order valence-electron chi connectivity index (χ2n) is 9.74. The van der Waals surface area contributed by atoms with Crippen molar-refractivity contribution < 1.29 is 24.2 Å². The minimum atomic E-state index is -0.842. The van der Waals surface area contributed by atoms with Gasteiger partial charge in [-0.15, -0.1) is 0 Å². The van der Waals surface area contributed by atoms with Gasteiger partial charge in [-0.2, -0.15) is 0 Å². The van der Waals surface area contributed by atoms with Gasteiger partial charge in [0.15, 0.2) is 0 Å². The number of likely N-dealkylation sites (tertiary alicyclic amines) is 1. The standard InChI is InChI=1S/C27H30N2O5/c30-25(31)14-18-11-12-29(15-18)26(32)24(13-17-9-10-17)28-27(33)34-16-23-21-7-3-1-5-19(21)20-6-2-4-8-22(20)23/h1-8,17-18,23-24H,9-16H2,(H,28,33)(H,30,31)/t18?,24-/m0/s1. The van der Waals surface area contributed by atoms with Crippen molar-refractivity contribution in [2.75, 3.05) is 19.7 Å². The van der Waals surface area contributed by atoms with Crippen LogP contribution in [0.2, 0.25) is 0 Å². The Balaban J connectivity index is 1.22. The Labute approximate surface area is 199 Å². The fourth-order valence-corrected chi connectivity index (χ4v) is 5.36. The normalized spacial score (nSPS) is 19.9. The van der Waals surface area contributed by atoms with Crippen molar-refractivity contribution >= 4 is 18.0 Å². The van der Waals surface area contributed by atoms with Crippen LogP contribution in [-0.4, -0.2) is 53.7 Å². The summed E-state index contributed by atoms with van der Waals surface area (Å²) in [4.78, 5) is 38.7. The molecule has 1 saturated heterocycles. The molecule has 2 aromatic carbocycles. The van der Waals surface area contributed by atoms with Crippen LogP contribution in [0.5, 0.6) is 0 Å². The molecule has 3 aliphatic rings. The maximum Gasteiger partial charge on any atom is 0.407 e. The van der Waals surface area contributed by atoms with Gasteiger partial charge in [0.1, 0.15) is 12.6 Å². The number of ether oxygens (including phenoxy) is 1. The monoisotopic (exact) mass is 462 g/mol. The molecule has 0 bridgehead atoms. The van der Waals surface area contributed by atoms with Gasteiger partial charge < -0.3 is 20.1 Å². The Morgan fingerprint density at radius 1 is 0.971 bits per heavy atom. The number of carboxylic acids is 1. The van der Waals surface area contributed by atoms with E-state index in [9.17, 15) is 14.4 Å². The van der Waals surface area contributed by atoms with Gasteiger partial charge in [-0.05, 0) is 46.9 Å². The number of carboxylic acid groups (broad SMARTS) is 1. The lowest BCUT2D eigenvalue weighted by molar-refractivity contribution is -0.138. The largest absolute Gasteiger partial charge is 0.481 e. The summed E-state index contributed by atoms with van der Waals surface area (Å²) in [6.45, 7) is 1.16. The SMILES string of the molecule is O=C(O)CC1CCN(C(=O)[C@H](CC2CC2)NC(=O)OCC2c3ccccc3-c3ccccc32)C1. The fraction of sp³-hybridized carbons (Fsp3) is 0.444. The first-order chi connectivity index (χ1) is 16.5. The van der Waals surface area contributed by atoms with Crippen LogP contribution in [0.15, 0.2) is 48.5 Å². The van der Waals surface area contributed by atoms with Gasteiger partial charge >= 0.3 is 12.1 Å². The number of alkyl carbamates (subject to hydrolysis) is 1. The van der Waals surface area contributed by atoms with Crippen molar-refractivity contribution in [2.45, 2.75) is 44.1 Å². The number of hydrogen-bond acceptors (Lipinski definition) is 4. The smallest absolute Gasteiger partial charge is 0.407 e. The molecular weight excluding hydrogens is 432 g/mol. The quantitative estimate of drug-likeness (QED) is 0.618. The number of nitrogens with one attached hydrogen (secondary N) is 1. The van der Waals surface area contributed by atoms with E-state index in [1.807, 2.05) is 24.3 Å². The molecule has 2 aliphatic carbocycles. The topological polar surface area (TPSA) is 95.9 Å². The van der Waals surface area contributed by atoms with E-state index in [4.69, 9.17) is 9.84 Å². The molecule has 0 spiro atoms. The zero-order chi connectivity index (χ0) is 23.7. The number of rotatable bonds is 8. The van der Waals surface area contributed by atoms with Gasteiger partial charge in [0, 0.05) is 25.4 Å². The van der Waals surface area contributed by atoms with Crippen LogP contribution in [0.25, 0.3) is 11.1 Å². The summed E-state index contributed by atoms with van der Waals surface area (Å²) in [5.41, 5.74) is 4.62. The molecule has 34 heavy (non-hydrogen) atoms. The van der Waals surface area contributed by atoms with Crippen molar-refractivity contribution in [3.05, 3.63) is 59.7 Å². The highest BCUT2D eigenvalue weighted by Gasteiger charge is 2.36. The van der Waals surface area contributed by atoms with E-state index in [2.05, 4.69) is 29.6 Å². The Kier molecular flexibility index (Phi) is 6.26. The summed E-state index contributed by atoms with van der Waals surface area (Å²) in [5.74, 6) is -0.595. The van der Waals surface area contributed by atoms with Gasteiger partial charge in [0.05, 0.1) is 0 Å². The third-order valence-electron chi connectivity index (χ3n) is 7.26. The van der Waals surface area contributed by atoms with Crippen LogP contribution >= 0.6 is 0 Å². The van der Waals surface area contributed by atoms with Crippen molar-refractivity contribution in [1.82, 2.24) is 10.2 Å². The number of fused-ring (bicyclic) bond motifs is 3. The number of benzene rings is 2. The number of carbonyl (C=O) groups is 3. The maximum absolute atomic E-state index is 13.2. The van der Waals surface area contributed by atoms with Crippen LogP contribution in [0.3, 0.4) is 0 Å². The van der Waals surface area contributed by atoms with Gasteiger partial charge in [-0.25, -0.2) is 4.79 Å². The molecule has 1 unspecified atom stereocenters. The molecule has 1 aliphatic heterocycles. The average molecular weight is 463 g/mol. The first-order valence-electron chi connectivity index (χ1n) is 12.1. The van der Waals surface area contributed by atoms with Gasteiger partial charge in [-0.3, -0.25) is 9.59 Å². The molecule has 178 valence electrons. The lowest BCUT2D eigenvalue weighted by atomic mass is 9.98. The highest BCUT2D eigenvalue weighted by atomic mass is 16.5. The zero-order valence-electron chi connectivity index (χ0n) is 19.1. The molecule has 1 saturated carbocycles. The predicted molar refractivity (Wildman–Crippen MR) is 126 cm³/mol. The third kappa shape index (κ3) is 4.79. The van der Waals surface area contributed by atoms with Gasteiger partial charge in [0.2, 0.25) is 5.91 Å². The minimum absolute atomic E-state index is 0.0301. The van der Waals surface area contributed by atoms with Crippen LogP contribution in [0, 0.1) is 11.8 Å². The zero-order valence-corrected chi connectivity index (χ0v) is 19.1. The van der Waals surface area contributed by atoms with E-state index < -0.39 is 18.1 Å². The van der Waals surface area contributed by atoms with Crippen LogP contribution in [-0.2, 0) is 14.3 Å². The summed E-state index contributed by atoms with van der Waals surface area (Å²) in [6, 6.07) is 15.7. The summed E-state index contributed by atoms with van der Waals surface area (Å²) in [5, 5.41) is 11.9. The molecule has 2 atom stereocenters. The van der Waals surface area contributed by atoms with E-state index in [0.717, 1.165) is 24.0 Å². The molecule has 0 radical (unpaired) electrons. The molecule has 5 rings (SSSR count). The lowest BCUT2D eigenvalue weighted by Gasteiger charge is -2.24. The maximum atomic E-state index is 13.2. The lowest BCUT2D eigenvalue weighted by Crippen LogP contribution is -2.48. The Hall–Kier alpha value is -3.35. The molecule has 7 nitrogen and oxygen atoms in total. The van der Waals surface area contributed by atoms with Crippen molar-refractivity contribution in [3.63, 3.8) is 0 Å².